The van der Waals surface area contributed by atoms with Crippen molar-refractivity contribution in [1.29, 1.82) is 0 Å². The van der Waals surface area contributed by atoms with Gasteiger partial charge in [-0.15, -0.1) is 0 Å². The van der Waals surface area contributed by atoms with Crippen molar-refractivity contribution < 1.29 is 9.84 Å². The standard InChI is InChI=1S/C16H16Cl2O2/c1-2-20-13-8-6-11(7-9-13)15(19)10-12-4-3-5-14(17)16(12)18/h3-9,15,19H,2,10H2,1H3. The van der Waals surface area contributed by atoms with Crippen LogP contribution in [0.1, 0.15) is 24.2 Å². The number of hydrogen-bond donors (Lipinski definition) is 1. The van der Waals surface area contributed by atoms with E-state index in [-0.39, 0.29) is 0 Å². The van der Waals surface area contributed by atoms with Gasteiger partial charge in [-0.05, 0) is 36.2 Å². The Morgan fingerprint density at radius 2 is 1.80 bits per heavy atom. The lowest BCUT2D eigenvalue weighted by molar-refractivity contribution is 0.178. The van der Waals surface area contributed by atoms with Gasteiger partial charge in [0.15, 0.2) is 0 Å². The van der Waals surface area contributed by atoms with Crippen LogP contribution >= 0.6 is 23.2 Å². The first-order valence-electron chi connectivity index (χ1n) is 6.45. The topological polar surface area (TPSA) is 29.5 Å². The Hall–Kier alpha value is -1.22. The number of aliphatic hydroxyl groups is 1. The number of benzene rings is 2. The molecule has 0 spiro atoms. The fourth-order valence-corrected chi connectivity index (χ4v) is 2.38. The highest BCUT2D eigenvalue weighted by molar-refractivity contribution is 6.42. The molecule has 0 radical (unpaired) electrons. The molecule has 2 nitrogen and oxygen atoms in total. The van der Waals surface area contributed by atoms with Gasteiger partial charge in [0.2, 0.25) is 0 Å². The van der Waals surface area contributed by atoms with Gasteiger partial charge in [-0.1, -0.05) is 47.5 Å². The molecule has 20 heavy (non-hydrogen) atoms. The Labute approximate surface area is 128 Å². The van der Waals surface area contributed by atoms with Crippen molar-refractivity contribution in [3.63, 3.8) is 0 Å². The molecule has 0 aliphatic heterocycles. The second-order valence-corrected chi connectivity index (χ2v) is 5.22. The van der Waals surface area contributed by atoms with Gasteiger partial charge in [0, 0.05) is 6.42 Å². The summed E-state index contributed by atoms with van der Waals surface area (Å²) in [6, 6.07) is 12.8. The highest BCUT2D eigenvalue weighted by Gasteiger charge is 2.12. The van der Waals surface area contributed by atoms with Crippen LogP contribution in [0.3, 0.4) is 0 Å². The third kappa shape index (κ3) is 3.66. The first-order chi connectivity index (χ1) is 9.61. The molecule has 1 atom stereocenters. The maximum absolute atomic E-state index is 10.3. The normalized spacial score (nSPS) is 12.2. The summed E-state index contributed by atoms with van der Waals surface area (Å²) in [4.78, 5) is 0. The summed E-state index contributed by atoms with van der Waals surface area (Å²) in [5, 5.41) is 11.3. The van der Waals surface area contributed by atoms with E-state index in [4.69, 9.17) is 27.9 Å². The second-order valence-electron chi connectivity index (χ2n) is 4.43. The van der Waals surface area contributed by atoms with Crippen molar-refractivity contribution in [1.82, 2.24) is 0 Å². The molecular weight excluding hydrogens is 295 g/mol. The highest BCUT2D eigenvalue weighted by atomic mass is 35.5. The molecule has 106 valence electrons. The molecule has 0 heterocycles. The summed E-state index contributed by atoms with van der Waals surface area (Å²) in [7, 11) is 0. The predicted molar refractivity (Wildman–Crippen MR) is 82.7 cm³/mol. The molecule has 2 aromatic carbocycles. The van der Waals surface area contributed by atoms with Crippen molar-refractivity contribution in [2.24, 2.45) is 0 Å². The largest absolute Gasteiger partial charge is 0.494 e. The third-order valence-electron chi connectivity index (χ3n) is 3.02. The Kier molecular flexibility index (Phi) is 5.30. The maximum atomic E-state index is 10.3. The number of rotatable bonds is 5. The van der Waals surface area contributed by atoms with Crippen LogP contribution in [0.4, 0.5) is 0 Å². The Morgan fingerprint density at radius 1 is 1.10 bits per heavy atom. The lowest BCUT2D eigenvalue weighted by Crippen LogP contribution is -2.02. The third-order valence-corrected chi connectivity index (χ3v) is 3.88. The van der Waals surface area contributed by atoms with E-state index in [2.05, 4.69) is 0 Å². The summed E-state index contributed by atoms with van der Waals surface area (Å²) >= 11 is 12.1. The quantitative estimate of drug-likeness (QED) is 0.869. The van der Waals surface area contributed by atoms with E-state index in [0.717, 1.165) is 16.9 Å². The summed E-state index contributed by atoms with van der Waals surface area (Å²) in [5.74, 6) is 0.796. The van der Waals surface area contributed by atoms with Gasteiger partial charge in [-0.3, -0.25) is 0 Å². The van der Waals surface area contributed by atoms with Crippen LogP contribution in [0.5, 0.6) is 5.75 Å². The first kappa shape index (κ1) is 15.2. The molecule has 0 fully saturated rings. The van der Waals surface area contributed by atoms with Crippen LogP contribution in [0.15, 0.2) is 42.5 Å². The summed E-state index contributed by atoms with van der Waals surface area (Å²) < 4.78 is 5.37. The van der Waals surface area contributed by atoms with Crippen molar-refractivity contribution in [3.8, 4) is 5.75 Å². The van der Waals surface area contributed by atoms with Gasteiger partial charge < -0.3 is 9.84 Å². The van der Waals surface area contributed by atoms with Crippen molar-refractivity contribution in [2.45, 2.75) is 19.4 Å². The molecule has 0 bridgehead atoms. The molecule has 2 aromatic rings. The van der Waals surface area contributed by atoms with Gasteiger partial charge in [0.1, 0.15) is 5.75 Å². The zero-order valence-corrected chi connectivity index (χ0v) is 12.7. The van der Waals surface area contributed by atoms with Gasteiger partial charge in [-0.2, -0.15) is 0 Å². The van der Waals surface area contributed by atoms with Crippen molar-refractivity contribution in [3.05, 3.63) is 63.6 Å². The molecule has 0 amide bonds. The fourth-order valence-electron chi connectivity index (χ4n) is 1.99. The number of ether oxygens (including phenoxy) is 1. The molecule has 4 heteroatoms. The van der Waals surface area contributed by atoms with E-state index >= 15 is 0 Å². The molecule has 1 N–H and O–H groups in total. The van der Waals surface area contributed by atoms with E-state index in [9.17, 15) is 5.11 Å². The van der Waals surface area contributed by atoms with Gasteiger partial charge in [0.05, 0.1) is 22.8 Å². The summed E-state index contributed by atoms with van der Waals surface area (Å²) in [5.41, 5.74) is 1.66. The van der Waals surface area contributed by atoms with E-state index in [1.165, 1.54) is 0 Å². The summed E-state index contributed by atoms with van der Waals surface area (Å²) in [6.07, 6.45) is -0.199. The minimum absolute atomic E-state index is 0.424. The fraction of sp³-hybridized carbons (Fsp3) is 0.250. The number of halogens is 2. The van der Waals surface area contributed by atoms with E-state index < -0.39 is 6.10 Å². The van der Waals surface area contributed by atoms with Gasteiger partial charge in [0.25, 0.3) is 0 Å². The van der Waals surface area contributed by atoms with Crippen molar-refractivity contribution in [2.75, 3.05) is 6.61 Å². The smallest absolute Gasteiger partial charge is 0.119 e. The molecule has 0 saturated carbocycles. The zero-order chi connectivity index (χ0) is 14.5. The molecule has 0 aliphatic carbocycles. The highest BCUT2D eigenvalue weighted by Crippen LogP contribution is 2.29. The lowest BCUT2D eigenvalue weighted by Gasteiger charge is -2.13. The molecule has 0 saturated heterocycles. The first-order valence-corrected chi connectivity index (χ1v) is 7.21. The van der Waals surface area contributed by atoms with Crippen LogP contribution in [0.25, 0.3) is 0 Å². The average molecular weight is 311 g/mol. The Bertz CT molecular complexity index is 567. The molecule has 1 unspecified atom stereocenters. The zero-order valence-electron chi connectivity index (χ0n) is 11.1. The second kappa shape index (κ2) is 6.98. The van der Waals surface area contributed by atoms with Gasteiger partial charge in [-0.25, -0.2) is 0 Å². The van der Waals surface area contributed by atoms with Gasteiger partial charge >= 0.3 is 0 Å². The van der Waals surface area contributed by atoms with Crippen LogP contribution in [0, 0.1) is 0 Å². The Morgan fingerprint density at radius 3 is 2.45 bits per heavy atom. The number of hydrogen-bond acceptors (Lipinski definition) is 2. The minimum atomic E-state index is -0.623. The van der Waals surface area contributed by atoms with Crippen molar-refractivity contribution >= 4 is 23.2 Å². The SMILES string of the molecule is CCOc1ccc(C(O)Cc2cccc(Cl)c2Cl)cc1. The number of aliphatic hydroxyl groups excluding tert-OH is 1. The molecular formula is C16H16Cl2O2. The van der Waals surface area contributed by atoms with E-state index in [1.54, 1.807) is 6.07 Å². The molecule has 2 rings (SSSR count). The lowest BCUT2D eigenvalue weighted by atomic mass is 10.0. The van der Waals surface area contributed by atoms with Crippen LogP contribution in [-0.2, 0) is 6.42 Å². The predicted octanol–water partition coefficient (Wildman–Crippen LogP) is 4.67. The van der Waals surface area contributed by atoms with Crippen LogP contribution in [0.2, 0.25) is 10.0 Å². The Balaban J connectivity index is 2.11. The maximum Gasteiger partial charge on any atom is 0.119 e. The van der Waals surface area contributed by atoms with E-state index in [1.807, 2.05) is 43.3 Å². The van der Waals surface area contributed by atoms with Crippen LogP contribution in [-0.4, -0.2) is 11.7 Å². The molecule has 0 aromatic heterocycles. The summed E-state index contributed by atoms with van der Waals surface area (Å²) in [6.45, 7) is 2.56. The monoisotopic (exact) mass is 310 g/mol. The van der Waals surface area contributed by atoms with Crippen LogP contribution < -0.4 is 4.74 Å². The minimum Gasteiger partial charge on any atom is -0.494 e. The average Bonchev–Trinajstić information content (AvgIpc) is 2.45. The van der Waals surface area contributed by atoms with E-state index in [0.29, 0.717) is 23.1 Å². The molecule has 0 aliphatic rings.